The lowest BCUT2D eigenvalue weighted by Crippen LogP contribution is -2.52. The molecule has 0 radical (unpaired) electrons. The number of Topliss-reactive ketones (excluding diaryl/α,β-unsaturated/α-hetero) is 1. The van der Waals surface area contributed by atoms with Gasteiger partial charge in [0.05, 0.1) is 22.8 Å². The average molecular weight is 465 g/mol. The number of fused-ring (bicyclic) bond motifs is 1. The highest BCUT2D eigenvalue weighted by Gasteiger charge is 2.43. The molecular formula is C23H19N3O6S. The molecule has 168 valence electrons. The van der Waals surface area contributed by atoms with E-state index in [1.54, 1.807) is 30.3 Å². The molecular weight excluding hydrogens is 446 g/mol. The molecule has 3 aromatic rings. The standard InChI is InChI=1S/C23H19N3O6S/c1-2-16-10-12-18(13-11-16)25-23(28)24(20-8-3-4-9-22(20)33(25,31)32)15-21(27)17-6-5-7-19(14-17)26(29)30/h3-14H,2,15H2,1H3. The highest BCUT2D eigenvalue weighted by molar-refractivity contribution is 7.94. The maximum Gasteiger partial charge on any atom is 0.343 e. The summed E-state index contributed by atoms with van der Waals surface area (Å²) in [6.45, 7) is 1.46. The first-order chi connectivity index (χ1) is 15.7. The predicted molar refractivity (Wildman–Crippen MR) is 122 cm³/mol. The van der Waals surface area contributed by atoms with Crippen LogP contribution < -0.4 is 9.21 Å². The molecule has 0 N–H and O–H groups in total. The average Bonchev–Trinajstić information content (AvgIpc) is 2.82. The molecule has 0 spiro atoms. The van der Waals surface area contributed by atoms with Crippen molar-refractivity contribution in [3.63, 3.8) is 0 Å². The van der Waals surface area contributed by atoms with Gasteiger partial charge in [-0.3, -0.25) is 19.8 Å². The first-order valence-electron chi connectivity index (χ1n) is 10.1. The molecule has 1 heterocycles. The number of para-hydroxylation sites is 1. The lowest BCUT2D eigenvalue weighted by atomic mass is 10.1. The van der Waals surface area contributed by atoms with Gasteiger partial charge in [-0.1, -0.05) is 43.3 Å². The van der Waals surface area contributed by atoms with Crippen molar-refractivity contribution < 1.29 is 22.9 Å². The van der Waals surface area contributed by atoms with Gasteiger partial charge in [-0.15, -0.1) is 0 Å². The molecule has 0 saturated carbocycles. The van der Waals surface area contributed by atoms with Crippen molar-refractivity contribution >= 4 is 38.9 Å². The number of nitro benzene ring substituents is 1. The first kappa shape index (κ1) is 22.2. The fraction of sp³-hybridized carbons (Fsp3) is 0.130. The van der Waals surface area contributed by atoms with E-state index in [0.29, 0.717) is 4.31 Å². The molecule has 0 aliphatic carbocycles. The van der Waals surface area contributed by atoms with Crippen LogP contribution in [0.3, 0.4) is 0 Å². The van der Waals surface area contributed by atoms with Crippen LogP contribution in [0, 0.1) is 10.1 Å². The summed E-state index contributed by atoms with van der Waals surface area (Å²) in [6.07, 6.45) is 0.744. The number of hydrogen-bond acceptors (Lipinski definition) is 6. The summed E-state index contributed by atoms with van der Waals surface area (Å²) >= 11 is 0. The van der Waals surface area contributed by atoms with Gasteiger partial charge in [0.1, 0.15) is 4.90 Å². The Morgan fingerprint density at radius 2 is 1.70 bits per heavy atom. The summed E-state index contributed by atoms with van der Waals surface area (Å²) in [7, 11) is -4.21. The lowest BCUT2D eigenvalue weighted by Gasteiger charge is -2.35. The molecule has 4 rings (SSSR count). The van der Waals surface area contributed by atoms with Crippen LogP contribution in [0.4, 0.5) is 21.9 Å². The number of aryl methyl sites for hydroxylation is 1. The number of amides is 2. The van der Waals surface area contributed by atoms with Gasteiger partial charge in [0, 0.05) is 17.7 Å². The second-order valence-corrected chi connectivity index (χ2v) is 9.11. The highest BCUT2D eigenvalue weighted by Crippen LogP contribution is 2.37. The molecule has 2 amide bonds. The van der Waals surface area contributed by atoms with E-state index in [1.165, 1.54) is 36.4 Å². The van der Waals surface area contributed by atoms with Gasteiger partial charge in [0.25, 0.3) is 15.7 Å². The summed E-state index contributed by atoms with van der Waals surface area (Å²) < 4.78 is 27.3. The van der Waals surface area contributed by atoms with Crippen molar-refractivity contribution in [3.8, 4) is 0 Å². The van der Waals surface area contributed by atoms with E-state index in [9.17, 15) is 28.1 Å². The molecule has 0 saturated heterocycles. The van der Waals surface area contributed by atoms with Crippen LogP contribution in [0.25, 0.3) is 0 Å². The summed E-state index contributed by atoms with van der Waals surface area (Å²) in [5.41, 5.74) is 0.981. The SMILES string of the molecule is CCc1ccc(N2C(=O)N(CC(=O)c3cccc([N+](=O)[O-])c3)c3ccccc3S2(=O)=O)cc1. The third-order valence-corrected chi connectivity index (χ3v) is 7.09. The van der Waals surface area contributed by atoms with Crippen LogP contribution in [0.1, 0.15) is 22.8 Å². The maximum absolute atomic E-state index is 13.4. The van der Waals surface area contributed by atoms with Crippen molar-refractivity contribution in [2.75, 3.05) is 15.7 Å². The van der Waals surface area contributed by atoms with Gasteiger partial charge in [-0.05, 0) is 36.2 Å². The Balaban J connectivity index is 1.77. The molecule has 0 bridgehead atoms. The molecule has 0 fully saturated rings. The zero-order valence-corrected chi connectivity index (χ0v) is 18.4. The Morgan fingerprint density at radius 3 is 2.36 bits per heavy atom. The highest BCUT2D eigenvalue weighted by atomic mass is 32.2. The third-order valence-electron chi connectivity index (χ3n) is 5.34. The van der Waals surface area contributed by atoms with Crippen LogP contribution in [0.2, 0.25) is 0 Å². The van der Waals surface area contributed by atoms with E-state index in [1.807, 2.05) is 6.92 Å². The Morgan fingerprint density at radius 1 is 1.00 bits per heavy atom. The van der Waals surface area contributed by atoms with Crippen molar-refractivity contribution in [2.45, 2.75) is 18.2 Å². The summed E-state index contributed by atoms with van der Waals surface area (Å²) in [4.78, 5) is 37.8. The molecule has 1 aliphatic heterocycles. The molecule has 10 heteroatoms. The summed E-state index contributed by atoms with van der Waals surface area (Å²) in [5, 5.41) is 11.1. The number of rotatable bonds is 6. The number of urea groups is 1. The normalized spacial score (nSPS) is 14.6. The largest absolute Gasteiger partial charge is 0.343 e. The first-order valence-corrected chi connectivity index (χ1v) is 11.5. The fourth-order valence-corrected chi connectivity index (χ4v) is 5.20. The maximum atomic E-state index is 13.4. The van der Waals surface area contributed by atoms with Gasteiger partial charge in [0.2, 0.25) is 0 Å². The summed E-state index contributed by atoms with van der Waals surface area (Å²) in [6, 6.07) is 16.7. The second kappa shape index (κ2) is 8.47. The van der Waals surface area contributed by atoms with Gasteiger partial charge in [0.15, 0.2) is 5.78 Å². The van der Waals surface area contributed by atoms with E-state index < -0.39 is 33.3 Å². The van der Waals surface area contributed by atoms with Crippen LogP contribution >= 0.6 is 0 Å². The van der Waals surface area contributed by atoms with E-state index in [0.717, 1.165) is 23.0 Å². The van der Waals surface area contributed by atoms with Crippen molar-refractivity contribution in [1.82, 2.24) is 0 Å². The number of hydrogen-bond donors (Lipinski definition) is 0. The van der Waals surface area contributed by atoms with E-state index >= 15 is 0 Å². The number of nitrogens with zero attached hydrogens (tertiary/aromatic N) is 3. The zero-order chi connectivity index (χ0) is 23.8. The molecule has 0 unspecified atom stereocenters. The number of sulfonamides is 1. The van der Waals surface area contributed by atoms with Crippen LogP contribution in [0.5, 0.6) is 0 Å². The minimum absolute atomic E-state index is 0.0433. The molecule has 33 heavy (non-hydrogen) atoms. The molecule has 1 aliphatic rings. The molecule has 0 atom stereocenters. The third kappa shape index (κ3) is 3.96. The number of benzene rings is 3. The van der Waals surface area contributed by atoms with Crippen LogP contribution in [0.15, 0.2) is 77.7 Å². The van der Waals surface area contributed by atoms with Crippen molar-refractivity contribution in [2.24, 2.45) is 0 Å². The fourth-order valence-electron chi connectivity index (χ4n) is 3.61. The topological polar surface area (TPSA) is 118 Å². The van der Waals surface area contributed by atoms with Gasteiger partial charge >= 0.3 is 6.03 Å². The lowest BCUT2D eigenvalue weighted by molar-refractivity contribution is -0.384. The second-order valence-electron chi connectivity index (χ2n) is 7.36. The van der Waals surface area contributed by atoms with Gasteiger partial charge < -0.3 is 0 Å². The Bertz CT molecular complexity index is 1370. The number of anilines is 2. The minimum Gasteiger partial charge on any atom is -0.292 e. The predicted octanol–water partition coefficient (Wildman–Crippen LogP) is 4.18. The van der Waals surface area contributed by atoms with E-state index in [2.05, 4.69) is 0 Å². The van der Waals surface area contributed by atoms with E-state index in [4.69, 9.17) is 0 Å². The van der Waals surface area contributed by atoms with Crippen molar-refractivity contribution in [3.05, 3.63) is 94.0 Å². The quantitative estimate of drug-likeness (QED) is 0.306. The number of ketones is 1. The number of carbonyl (C=O) groups excluding carboxylic acids is 2. The number of carbonyl (C=O) groups is 2. The van der Waals surface area contributed by atoms with Crippen molar-refractivity contribution in [1.29, 1.82) is 0 Å². The van der Waals surface area contributed by atoms with Crippen LogP contribution in [-0.2, 0) is 16.4 Å². The Hall–Kier alpha value is -4.05. The molecule has 9 nitrogen and oxygen atoms in total. The monoisotopic (exact) mass is 465 g/mol. The van der Waals surface area contributed by atoms with E-state index in [-0.39, 0.29) is 27.5 Å². The number of nitro groups is 1. The molecule has 3 aromatic carbocycles. The Labute approximate surface area is 190 Å². The number of non-ortho nitro benzene ring substituents is 1. The van der Waals surface area contributed by atoms with Gasteiger partial charge in [-0.25, -0.2) is 13.2 Å². The molecule has 0 aromatic heterocycles. The Kier molecular flexibility index (Phi) is 5.69. The van der Waals surface area contributed by atoms with Gasteiger partial charge in [-0.2, -0.15) is 4.31 Å². The van der Waals surface area contributed by atoms with Crippen LogP contribution in [-0.4, -0.2) is 31.7 Å². The zero-order valence-electron chi connectivity index (χ0n) is 17.5. The minimum atomic E-state index is -4.21. The summed E-state index contributed by atoms with van der Waals surface area (Å²) in [5.74, 6) is -0.567. The smallest absolute Gasteiger partial charge is 0.292 e.